The van der Waals surface area contributed by atoms with E-state index in [1.54, 1.807) is 12.1 Å². The highest BCUT2D eigenvalue weighted by Gasteiger charge is 2.31. The topological polar surface area (TPSA) is 135 Å². The third-order valence-electron chi connectivity index (χ3n) is 4.78. The Bertz CT molecular complexity index is 1100. The summed E-state index contributed by atoms with van der Waals surface area (Å²) in [6.45, 7) is 2.09. The number of nitrogens with one attached hydrogen (secondary N) is 2. The average Bonchev–Trinajstić information content (AvgIpc) is 3.42. The molecule has 1 aromatic carbocycles. The van der Waals surface area contributed by atoms with Gasteiger partial charge >= 0.3 is 5.97 Å². The quantitative estimate of drug-likeness (QED) is 0.612. The van der Waals surface area contributed by atoms with Gasteiger partial charge in [0.25, 0.3) is 11.8 Å². The average molecular weight is 449 g/mol. The molecule has 3 rings (SSSR count). The van der Waals surface area contributed by atoms with Crippen LogP contribution in [0.1, 0.15) is 39.5 Å². The normalized spacial score (nSPS) is 14.3. The van der Waals surface area contributed by atoms with Gasteiger partial charge < -0.3 is 19.8 Å². The monoisotopic (exact) mass is 449 g/mol. The summed E-state index contributed by atoms with van der Waals surface area (Å²) in [7, 11) is -2.51. The van der Waals surface area contributed by atoms with Gasteiger partial charge in [-0.1, -0.05) is 6.07 Å². The number of sulfonamides is 1. The molecule has 1 aliphatic rings. The highest BCUT2D eigenvalue weighted by atomic mass is 32.2. The first-order valence-corrected chi connectivity index (χ1v) is 11.0. The molecule has 2 heterocycles. The minimum Gasteiger partial charge on any atom is -0.468 e. The van der Waals surface area contributed by atoms with Gasteiger partial charge in [0.2, 0.25) is 10.0 Å². The Morgan fingerprint density at radius 3 is 2.52 bits per heavy atom. The minimum absolute atomic E-state index is 0.0320. The van der Waals surface area contributed by atoms with Crippen LogP contribution in [0.2, 0.25) is 0 Å². The summed E-state index contributed by atoms with van der Waals surface area (Å²) in [5, 5.41) is 4.98. The zero-order chi connectivity index (χ0) is 22.6. The molecule has 11 heteroatoms. The lowest BCUT2D eigenvalue weighted by atomic mass is 10.2. The second kappa shape index (κ2) is 9.31. The fourth-order valence-corrected chi connectivity index (χ4v) is 4.84. The number of esters is 1. The summed E-state index contributed by atoms with van der Waals surface area (Å²) in [5.74, 6) is -1.79. The van der Waals surface area contributed by atoms with Crippen LogP contribution in [-0.2, 0) is 19.6 Å². The summed E-state index contributed by atoms with van der Waals surface area (Å²) in [6, 6.07) is 7.26. The van der Waals surface area contributed by atoms with Crippen molar-refractivity contribution in [2.45, 2.75) is 24.7 Å². The molecular weight excluding hydrogens is 426 g/mol. The van der Waals surface area contributed by atoms with Crippen LogP contribution in [0.3, 0.4) is 0 Å². The Balaban J connectivity index is 1.72. The molecule has 0 bridgehead atoms. The van der Waals surface area contributed by atoms with Gasteiger partial charge in [-0.2, -0.15) is 4.31 Å². The fourth-order valence-electron chi connectivity index (χ4n) is 3.16. The molecule has 1 aliphatic heterocycles. The number of methoxy groups -OCH3 is 1. The van der Waals surface area contributed by atoms with Crippen molar-refractivity contribution in [1.29, 1.82) is 0 Å². The van der Waals surface area contributed by atoms with Crippen LogP contribution in [0.15, 0.2) is 39.6 Å². The largest absolute Gasteiger partial charge is 0.468 e. The van der Waals surface area contributed by atoms with E-state index in [4.69, 9.17) is 4.42 Å². The molecule has 10 nitrogen and oxygen atoms in total. The molecular formula is C20H23N3O7S. The summed E-state index contributed by atoms with van der Waals surface area (Å²) in [5.41, 5.74) is 0.517. The van der Waals surface area contributed by atoms with Gasteiger partial charge in [-0.05, 0) is 38.0 Å². The van der Waals surface area contributed by atoms with E-state index in [0.717, 1.165) is 12.8 Å². The van der Waals surface area contributed by atoms with E-state index in [1.165, 1.54) is 36.5 Å². The van der Waals surface area contributed by atoms with Crippen LogP contribution in [0.25, 0.3) is 0 Å². The molecule has 2 aromatic rings. The van der Waals surface area contributed by atoms with Crippen molar-refractivity contribution in [3.63, 3.8) is 0 Å². The summed E-state index contributed by atoms with van der Waals surface area (Å²) >= 11 is 0. The van der Waals surface area contributed by atoms with E-state index in [1.807, 2.05) is 0 Å². The van der Waals surface area contributed by atoms with Gasteiger partial charge in [0, 0.05) is 30.4 Å². The second-order valence-corrected chi connectivity index (χ2v) is 8.84. The summed E-state index contributed by atoms with van der Waals surface area (Å²) in [6.07, 6.45) is 1.60. The number of carbonyl (C=O) groups is 3. The van der Waals surface area contributed by atoms with Gasteiger partial charge in [0.05, 0.1) is 7.11 Å². The van der Waals surface area contributed by atoms with Crippen molar-refractivity contribution in [1.82, 2.24) is 9.62 Å². The van der Waals surface area contributed by atoms with E-state index < -0.39 is 27.8 Å². The maximum Gasteiger partial charge on any atom is 0.325 e. The second-order valence-electron chi connectivity index (χ2n) is 6.94. The van der Waals surface area contributed by atoms with Crippen LogP contribution in [0.5, 0.6) is 0 Å². The number of hydrogen-bond donors (Lipinski definition) is 2. The third kappa shape index (κ3) is 5.12. The zero-order valence-corrected chi connectivity index (χ0v) is 18.0. The molecule has 2 amide bonds. The van der Waals surface area contributed by atoms with E-state index >= 15 is 0 Å². The Morgan fingerprint density at radius 1 is 1.13 bits per heavy atom. The van der Waals surface area contributed by atoms with Crippen LogP contribution in [0.4, 0.5) is 5.69 Å². The Hall–Kier alpha value is -3.18. The van der Waals surface area contributed by atoms with Crippen molar-refractivity contribution in [3.8, 4) is 0 Å². The molecule has 1 fully saturated rings. The number of furan rings is 1. The molecule has 166 valence electrons. The van der Waals surface area contributed by atoms with Crippen molar-refractivity contribution in [3.05, 3.63) is 47.4 Å². The smallest absolute Gasteiger partial charge is 0.325 e. The molecule has 0 atom stereocenters. The maximum absolute atomic E-state index is 12.8. The molecule has 1 saturated heterocycles. The Morgan fingerprint density at radius 2 is 1.84 bits per heavy atom. The lowest BCUT2D eigenvalue weighted by Crippen LogP contribution is -2.30. The van der Waals surface area contributed by atoms with Crippen molar-refractivity contribution in [2.24, 2.45) is 0 Å². The van der Waals surface area contributed by atoms with Crippen molar-refractivity contribution < 1.29 is 32.0 Å². The predicted octanol–water partition coefficient (Wildman–Crippen LogP) is 1.53. The van der Waals surface area contributed by atoms with E-state index in [0.29, 0.717) is 18.8 Å². The highest BCUT2D eigenvalue weighted by Crippen LogP contribution is 2.26. The lowest BCUT2D eigenvalue weighted by Gasteiger charge is -2.14. The molecule has 0 spiro atoms. The van der Waals surface area contributed by atoms with Crippen LogP contribution in [-0.4, -0.2) is 57.3 Å². The van der Waals surface area contributed by atoms with Crippen LogP contribution < -0.4 is 10.6 Å². The minimum atomic E-state index is -3.72. The molecule has 0 saturated carbocycles. The summed E-state index contributed by atoms with van der Waals surface area (Å²) < 4.78 is 36.8. The first-order chi connectivity index (χ1) is 14.7. The number of aryl methyl sites for hydroxylation is 1. The maximum atomic E-state index is 12.8. The SMILES string of the molecule is COC(=O)CNC(=O)c1cccc(NC(=O)c2cc(S(=O)(=O)N3CCCC3)c(C)o2)c1. The number of anilines is 1. The van der Waals surface area contributed by atoms with E-state index in [9.17, 15) is 22.8 Å². The van der Waals surface area contributed by atoms with Crippen LogP contribution in [0, 0.1) is 6.92 Å². The van der Waals surface area contributed by atoms with Gasteiger partial charge in [-0.15, -0.1) is 0 Å². The number of nitrogens with zero attached hydrogens (tertiary/aromatic N) is 1. The molecule has 0 unspecified atom stereocenters. The number of amides is 2. The van der Waals surface area contributed by atoms with Gasteiger partial charge in [0.15, 0.2) is 5.76 Å². The molecule has 0 aliphatic carbocycles. The van der Waals surface area contributed by atoms with Crippen molar-refractivity contribution in [2.75, 3.05) is 32.1 Å². The molecule has 2 N–H and O–H groups in total. The first kappa shape index (κ1) is 22.5. The van der Waals surface area contributed by atoms with Crippen molar-refractivity contribution >= 4 is 33.5 Å². The number of rotatable bonds is 7. The number of ether oxygens (including phenoxy) is 1. The van der Waals surface area contributed by atoms with Crippen LogP contribution >= 0.6 is 0 Å². The van der Waals surface area contributed by atoms with Gasteiger partial charge in [-0.3, -0.25) is 14.4 Å². The van der Waals surface area contributed by atoms with Gasteiger partial charge in [0.1, 0.15) is 17.2 Å². The molecule has 1 aromatic heterocycles. The summed E-state index contributed by atoms with van der Waals surface area (Å²) in [4.78, 5) is 35.8. The van der Waals surface area contributed by atoms with Gasteiger partial charge in [-0.25, -0.2) is 8.42 Å². The molecule has 0 radical (unpaired) electrons. The first-order valence-electron chi connectivity index (χ1n) is 9.59. The number of carbonyl (C=O) groups excluding carboxylic acids is 3. The fraction of sp³-hybridized carbons (Fsp3) is 0.350. The number of benzene rings is 1. The highest BCUT2D eigenvalue weighted by molar-refractivity contribution is 7.89. The molecule has 31 heavy (non-hydrogen) atoms. The Labute approximate surface area is 179 Å². The Kier molecular flexibility index (Phi) is 6.76. The standard InChI is InChI=1S/C20H23N3O7S/c1-13-17(31(27,28)23-8-3-4-9-23)11-16(30-13)20(26)22-15-7-5-6-14(10-15)19(25)21-12-18(24)29-2/h5-7,10-11H,3-4,8-9,12H2,1-2H3,(H,21,25)(H,22,26). The predicted molar refractivity (Wildman–Crippen MR) is 110 cm³/mol. The zero-order valence-electron chi connectivity index (χ0n) is 17.1. The third-order valence-corrected chi connectivity index (χ3v) is 6.79. The number of hydrogen-bond acceptors (Lipinski definition) is 7. The lowest BCUT2D eigenvalue weighted by molar-refractivity contribution is -0.139. The van der Waals surface area contributed by atoms with E-state index in [-0.39, 0.29) is 28.5 Å². The van der Waals surface area contributed by atoms with E-state index in [2.05, 4.69) is 15.4 Å².